The molecule has 24 heavy (non-hydrogen) atoms. The molecule has 1 aromatic carbocycles. The van der Waals surface area contributed by atoms with Gasteiger partial charge >= 0.3 is 0 Å². The Morgan fingerprint density at radius 3 is 2.96 bits per heavy atom. The van der Waals surface area contributed by atoms with Gasteiger partial charge in [-0.1, -0.05) is 31.4 Å². The molecule has 2 fully saturated rings. The lowest BCUT2D eigenvalue weighted by atomic mass is 9.70. The van der Waals surface area contributed by atoms with Gasteiger partial charge in [-0.2, -0.15) is 5.10 Å². The highest BCUT2D eigenvalue weighted by Gasteiger charge is 2.30. The Morgan fingerprint density at radius 1 is 1.21 bits per heavy atom. The van der Waals surface area contributed by atoms with E-state index in [2.05, 4.69) is 15.5 Å². The molecular weight excluding hydrogens is 300 g/mol. The zero-order chi connectivity index (χ0) is 16.4. The molecule has 1 heterocycles. The molecule has 0 aliphatic heterocycles. The van der Waals surface area contributed by atoms with E-state index in [0.717, 1.165) is 35.7 Å². The maximum Gasteiger partial charge on any atom is 0.260 e. The summed E-state index contributed by atoms with van der Waals surface area (Å²) in [6.45, 7) is 0.253. The first-order chi connectivity index (χ1) is 11.8. The predicted molar refractivity (Wildman–Crippen MR) is 94.6 cm³/mol. The summed E-state index contributed by atoms with van der Waals surface area (Å²) in [6.07, 6.45) is 10.5. The minimum Gasteiger partial charge on any atom is -0.321 e. The quantitative estimate of drug-likeness (QED) is 0.879. The lowest BCUT2D eigenvalue weighted by Gasteiger charge is -2.35. The van der Waals surface area contributed by atoms with Crippen LogP contribution in [0.5, 0.6) is 0 Å². The first-order valence-corrected chi connectivity index (χ1v) is 9.04. The molecule has 2 aromatic rings. The van der Waals surface area contributed by atoms with Gasteiger partial charge in [0.2, 0.25) is 0 Å². The lowest BCUT2D eigenvalue weighted by Crippen LogP contribution is -2.30. The highest BCUT2D eigenvalue weighted by molar-refractivity contribution is 5.87. The van der Waals surface area contributed by atoms with Gasteiger partial charge in [0.1, 0.15) is 6.54 Å². The number of nitrogens with zero attached hydrogens (tertiary/aromatic N) is 3. The van der Waals surface area contributed by atoms with Gasteiger partial charge in [0.25, 0.3) is 5.91 Å². The SMILES string of the molecule is O=C(Cn1cnc2ccccc21)N/N=C1/CC[C@@H]2CCCC[C@H]2C1. The Morgan fingerprint density at radius 2 is 2.04 bits per heavy atom. The van der Waals surface area contributed by atoms with Gasteiger partial charge in [-0.05, 0) is 49.7 Å². The van der Waals surface area contributed by atoms with E-state index < -0.39 is 0 Å². The molecule has 2 saturated carbocycles. The van der Waals surface area contributed by atoms with Crippen molar-refractivity contribution in [1.82, 2.24) is 15.0 Å². The zero-order valence-corrected chi connectivity index (χ0v) is 13.9. The van der Waals surface area contributed by atoms with Gasteiger partial charge in [-0.3, -0.25) is 4.79 Å². The van der Waals surface area contributed by atoms with Crippen LogP contribution < -0.4 is 5.43 Å². The Balaban J connectivity index is 1.36. The highest BCUT2D eigenvalue weighted by atomic mass is 16.2. The van der Waals surface area contributed by atoms with E-state index in [9.17, 15) is 4.79 Å². The number of imidazole rings is 1. The van der Waals surface area contributed by atoms with E-state index in [1.807, 2.05) is 28.8 Å². The van der Waals surface area contributed by atoms with Gasteiger partial charge in [-0.25, -0.2) is 10.4 Å². The predicted octanol–water partition coefficient (Wildman–Crippen LogP) is 3.50. The molecule has 0 unspecified atom stereocenters. The Hall–Kier alpha value is -2.17. The maximum absolute atomic E-state index is 12.2. The first kappa shape index (κ1) is 15.4. The second-order valence-corrected chi connectivity index (χ2v) is 7.12. The van der Waals surface area contributed by atoms with Crippen LogP contribution in [0.4, 0.5) is 0 Å². The van der Waals surface area contributed by atoms with E-state index >= 15 is 0 Å². The average Bonchev–Trinajstić information content (AvgIpc) is 3.03. The van der Waals surface area contributed by atoms with Crippen molar-refractivity contribution in [3.8, 4) is 0 Å². The van der Waals surface area contributed by atoms with Crippen LogP contribution in [-0.2, 0) is 11.3 Å². The molecule has 0 bridgehead atoms. The Kier molecular flexibility index (Phi) is 4.32. The van der Waals surface area contributed by atoms with Crippen LogP contribution in [0.1, 0.15) is 44.9 Å². The van der Waals surface area contributed by atoms with Gasteiger partial charge in [-0.15, -0.1) is 0 Å². The number of nitrogens with one attached hydrogen (secondary N) is 1. The van der Waals surface area contributed by atoms with Crippen LogP contribution >= 0.6 is 0 Å². The molecule has 2 atom stereocenters. The van der Waals surface area contributed by atoms with Crippen molar-refractivity contribution >= 4 is 22.7 Å². The molecule has 126 valence electrons. The minimum absolute atomic E-state index is 0.0866. The number of benzene rings is 1. The van der Waals surface area contributed by atoms with Crippen molar-refractivity contribution in [2.45, 2.75) is 51.5 Å². The number of fused-ring (bicyclic) bond motifs is 2. The van der Waals surface area contributed by atoms with Gasteiger partial charge in [0.05, 0.1) is 17.4 Å². The Labute approximate surface area is 142 Å². The molecular formula is C19H24N4O. The molecule has 1 amide bonds. The van der Waals surface area contributed by atoms with Crippen LogP contribution in [0.3, 0.4) is 0 Å². The fourth-order valence-corrected chi connectivity index (χ4v) is 4.26. The van der Waals surface area contributed by atoms with Gasteiger partial charge in [0, 0.05) is 5.71 Å². The van der Waals surface area contributed by atoms with Crippen LogP contribution in [-0.4, -0.2) is 21.2 Å². The van der Waals surface area contributed by atoms with E-state index in [1.165, 1.54) is 37.8 Å². The molecule has 1 N–H and O–H groups in total. The minimum atomic E-state index is -0.0866. The van der Waals surface area contributed by atoms with E-state index in [1.54, 1.807) is 6.33 Å². The summed E-state index contributed by atoms with van der Waals surface area (Å²) in [5.74, 6) is 1.60. The van der Waals surface area contributed by atoms with E-state index in [-0.39, 0.29) is 12.5 Å². The lowest BCUT2D eigenvalue weighted by molar-refractivity contribution is -0.121. The molecule has 4 rings (SSSR count). The summed E-state index contributed by atoms with van der Waals surface area (Å²) < 4.78 is 1.86. The normalized spacial score (nSPS) is 25.6. The van der Waals surface area contributed by atoms with Crippen LogP contribution in [0, 0.1) is 11.8 Å². The average molecular weight is 324 g/mol. The van der Waals surface area contributed by atoms with E-state index in [0.29, 0.717) is 0 Å². The molecule has 0 spiro atoms. The first-order valence-electron chi connectivity index (χ1n) is 9.04. The van der Waals surface area contributed by atoms with Crippen LogP contribution in [0.25, 0.3) is 11.0 Å². The summed E-state index contributed by atoms with van der Waals surface area (Å²) in [7, 11) is 0. The highest BCUT2D eigenvalue weighted by Crippen LogP contribution is 2.39. The molecule has 5 nitrogen and oxygen atoms in total. The fraction of sp³-hybridized carbons (Fsp3) is 0.526. The molecule has 0 saturated heterocycles. The fourth-order valence-electron chi connectivity index (χ4n) is 4.26. The second kappa shape index (κ2) is 6.75. The second-order valence-electron chi connectivity index (χ2n) is 7.12. The molecule has 2 aliphatic carbocycles. The number of amides is 1. The number of para-hydroxylation sites is 2. The standard InChI is InChI=1S/C19H24N4O/c24-19(12-23-13-20-17-7-3-4-8-18(17)23)22-21-16-10-9-14-5-1-2-6-15(14)11-16/h3-4,7-8,13-15H,1-2,5-6,9-12H2,(H,22,24)/b21-16-/t14-,15-/m0/s1. The molecule has 5 heteroatoms. The van der Waals surface area contributed by atoms with Crippen LogP contribution in [0.15, 0.2) is 35.7 Å². The van der Waals surface area contributed by atoms with Crippen molar-refractivity contribution in [3.05, 3.63) is 30.6 Å². The summed E-state index contributed by atoms with van der Waals surface area (Å²) in [5, 5.41) is 4.42. The topological polar surface area (TPSA) is 59.3 Å². The van der Waals surface area contributed by atoms with Crippen LogP contribution in [0.2, 0.25) is 0 Å². The van der Waals surface area contributed by atoms with Crippen molar-refractivity contribution in [2.24, 2.45) is 16.9 Å². The Bertz CT molecular complexity index is 764. The molecule has 1 aromatic heterocycles. The number of aromatic nitrogens is 2. The monoisotopic (exact) mass is 324 g/mol. The number of hydrogen-bond donors (Lipinski definition) is 1. The zero-order valence-electron chi connectivity index (χ0n) is 13.9. The smallest absolute Gasteiger partial charge is 0.260 e. The number of carbonyl (C=O) groups is 1. The number of rotatable bonds is 3. The third-order valence-electron chi connectivity index (χ3n) is 5.55. The third kappa shape index (κ3) is 3.21. The van der Waals surface area contributed by atoms with Gasteiger partial charge < -0.3 is 4.57 Å². The van der Waals surface area contributed by atoms with Crippen molar-refractivity contribution < 1.29 is 4.79 Å². The summed E-state index contributed by atoms with van der Waals surface area (Å²) >= 11 is 0. The van der Waals surface area contributed by atoms with Crippen molar-refractivity contribution in [1.29, 1.82) is 0 Å². The maximum atomic E-state index is 12.2. The number of hydrogen-bond acceptors (Lipinski definition) is 3. The number of hydrazone groups is 1. The van der Waals surface area contributed by atoms with Gasteiger partial charge in [0.15, 0.2) is 0 Å². The third-order valence-corrected chi connectivity index (χ3v) is 5.55. The van der Waals surface area contributed by atoms with Crippen molar-refractivity contribution in [3.63, 3.8) is 0 Å². The van der Waals surface area contributed by atoms with E-state index in [4.69, 9.17) is 0 Å². The largest absolute Gasteiger partial charge is 0.321 e. The number of carbonyl (C=O) groups excluding carboxylic acids is 1. The van der Waals surface area contributed by atoms with Crippen molar-refractivity contribution in [2.75, 3.05) is 0 Å². The summed E-state index contributed by atoms with van der Waals surface area (Å²) in [4.78, 5) is 16.5. The summed E-state index contributed by atoms with van der Waals surface area (Å²) in [6, 6.07) is 7.84. The summed E-state index contributed by atoms with van der Waals surface area (Å²) in [5.41, 5.74) is 5.80. The molecule has 0 radical (unpaired) electrons. The molecule has 2 aliphatic rings.